The molecule has 0 spiro atoms. The molecule has 4 rings (SSSR count). The van der Waals surface area contributed by atoms with Crippen molar-refractivity contribution in [3.63, 3.8) is 0 Å². The maximum Gasteiger partial charge on any atom is 0.170 e. The zero-order valence-electron chi connectivity index (χ0n) is 16.4. The van der Waals surface area contributed by atoms with Crippen molar-refractivity contribution in [2.24, 2.45) is 7.05 Å². The van der Waals surface area contributed by atoms with Crippen LogP contribution in [-0.2, 0) is 7.05 Å². The van der Waals surface area contributed by atoms with Crippen LogP contribution in [0.4, 0.5) is 0 Å². The van der Waals surface area contributed by atoms with Crippen molar-refractivity contribution < 1.29 is 0 Å². The van der Waals surface area contributed by atoms with E-state index in [-0.39, 0.29) is 0 Å². The second kappa shape index (κ2) is 9.20. The SMILES string of the molecule is C/C(=C/CSc1nccn1C)Sc1nc(-c2ccccc2)c(-c2ccccc2)[nH]1. The molecule has 0 amide bonds. The van der Waals surface area contributed by atoms with Crippen LogP contribution in [-0.4, -0.2) is 25.3 Å². The van der Waals surface area contributed by atoms with Gasteiger partial charge >= 0.3 is 0 Å². The molecule has 0 aliphatic carbocycles. The molecular formula is C23H22N4S2. The summed E-state index contributed by atoms with van der Waals surface area (Å²) in [6.07, 6.45) is 6.01. The number of benzene rings is 2. The monoisotopic (exact) mass is 418 g/mol. The van der Waals surface area contributed by atoms with E-state index in [0.717, 1.165) is 38.6 Å². The first kappa shape index (κ1) is 19.6. The first-order valence-electron chi connectivity index (χ1n) is 9.36. The van der Waals surface area contributed by atoms with Crippen molar-refractivity contribution in [3.8, 4) is 22.5 Å². The van der Waals surface area contributed by atoms with Gasteiger partial charge in [0.25, 0.3) is 0 Å². The lowest BCUT2D eigenvalue weighted by Gasteiger charge is -2.02. The summed E-state index contributed by atoms with van der Waals surface area (Å²) in [5, 5.41) is 1.92. The molecule has 0 radical (unpaired) electrons. The zero-order valence-corrected chi connectivity index (χ0v) is 18.0. The summed E-state index contributed by atoms with van der Waals surface area (Å²) >= 11 is 3.39. The van der Waals surface area contributed by atoms with Crippen LogP contribution in [0.1, 0.15) is 6.92 Å². The third-order valence-electron chi connectivity index (χ3n) is 4.41. The van der Waals surface area contributed by atoms with Crippen molar-refractivity contribution in [3.05, 3.63) is 84.0 Å². The molecule has 4 nitrogen and oxygen atoms in total. The van der Waals surface area contributed by atoms with Crippen molar-refractivity contribution in [2.75, 3.05) is 5.75 Å². The molecule has 0 unspecified atom stereocenters. The van der Waals surface area contributed by atoms with Gasteiger partial charge in [0, 0.05) is 36.3 Å². The summed E-state index contributed by atoms with van der Waals surface area (Å²) in [6, 6.07) is 20.7. The largest absolute Gasteiger partial charge is 0.332 e. The Bertz CT molecular complexity index is 1040. The number of imidazole rings is 2. The van der Waals surface area contributed by atoms with Crippen LogP contribution in [0.25, 0.3) is 22.5 Å². The van der Waals surface area contributed by atoms with E-state index in [9.17, 15) is 0 Å². The fraction of sp³-hybridized carbons (Fsp3) is 0.130. The maximum absolute atomic E-state index is 4.91. The van der Waals surface area contributed by atoms with Crippen molar-refractivity contribution in [2.45, 2.75) is 17.2 Å². The summed E-state index contributed by atoms with van der Waals surface area (Å²) in [6.45, 7) is 2.12. The lowest BCUT2D eigenvalue weighted by molar-refractivity contribution is 0.791. The topological polar surface area (TPSA) is 46.5 Å². The Morgan fingerprint density at radius 3 is 2.38 bits per heavy atom. The summed E-state index contributed by atoms with van der Waals surface area (Å²) in [5.74, 6) is 0.876. The van der Waals surface area contributed by atoms with E-state index in [2.05, 4.69) is 59.4 Å². The number of rotatable bonds is 7. The number of aryl methyl sites for hydroxylation is 1. The molecule has 0 atom stereocenters. The number of hydrogen-bond donors (Lipinski definition) is 1. The average molecular weight is 419 g/mol. The molecule has 0 aliphatic heterocycles. The van der Waals surface area contributed by atoms with Gasteiger partial charge in [-0.1, -0.05) is 90.3 Å². The molecular weight excluding hydrogens is 396 g/mol. The van der Waals surface area contributed by atoms with Gasteiger partial charge in [-0.15, -0.1) is 0 Å². The number of aromatic amines is 1. The Labute approximate surface area is 179 Å². The standard InChI is InChI=1S/C23H22N4S2/c1-17(13-16-28-23-24-14-15-27(23)2)29-22-25-20(18-9-5-3-6-10-18)21(26-22)19-11-7-4-8-12-19/h3-15H,16H2,1-2H3,(H,25,26)/b17-13-. The van der Waals surface area contributed by atoms with E-state index >= 15 is 0 Å². The lowest BCUT2D eigenvalue weighted by atomic mass is 10.1. The van der Waals surface area contributed by atoms with Gasteiger partial charge in [-0.05, 0) is 11.8 Å². The van der Waals surface area contributed by atoms with Gasteiger partial charge in [-0.3, -0.25) is 0 Å². The third-order valence-corrected chi connectivity index (χ3v) is 6.27. The molecule has 0 bridgehead atoms. The fourth-order valence-corrected chi connectivity index (χ4v) is 4.69. The highest BCUT2D eigenvalue weighted by Crippen LogP contribution is 2.34. The number of aromatic nitrogens is 4. The van der Waals surface area contributed by atoms with Crippen LogP contribution in [0.5, 0.6) is 0 Å². The predicted octanol–water partition coefficient (Wildman–Crippen LogP) is 6.27. The van der Waals surface area contributed by atoms with E-state index in [1.807, 2.05) is 48.3 Å². The Kier molecular flexibility index (Phi) is 6.22. The lowest BCUT2D eigenvalue weighted by Crippen LogP contribution is -1.89. The van der Waals surface area contributed by atoms with Gasteiger partial charge in [-0.25, -0.2) is 9.97 Å². The van der Waals surface area contributed by atoms with E-state index < -0.39 is 0 Å². The van der Waals surface area contributed by atoms with E-state index in [1.165, 1.54) is 4.91 Å². The molecule has 0 aliphatic rings. The van der Waals surface area contributed by atoms with Gasteiger partial charge in [0.05, 0.1) is 11.4 Å². The summed E-state index contributed by atoms with van der Waals surface area (Å²) in [5.41, 5.74) is 4.28. The van der Waals surface area contributed by atoms with Crippen molar-refractivity contribution in [1.29, 1.82) is 0 Å². The molecule has 2 aromatic heterocycles. The van der Waals surface area contributed by atoms with Gasteiger partial charge in [0.1, 0.15) is 0 Å². The molecule has 2 heterocycles. The highest BCUT2D eigenvalue weighted by atomic mass is 32.2. The Hall–Kier alpha value is -2.70. The van der Waals surface area contributed by atoms with Gasteiger partial charge in [-0.2, -0.15) is 0 Å². The van der Waals surface area contributed by atoms with Crippen molar-refractivity contribution in [1.82, 2.24) is 19.5 Å². The highest BCUT2D eigenvalue weighted by Gasteiger charge is 2.14. The van der Waals surface area contributed by atoms with E-state index in [1.54, 1.807) is 23.5 Å². The van der Waals surface area contributed by atoms with Crippen LogP contribution >= 0.6 is 23.5 Å². The van der Waals surface area contributed by atoms with Gasteiger partial charge in [0.15, 0.2) is 10.3 Å². The first-order valence-corrected chi connectivity index (χ1v) is 11.2. The Balaban J connectivity index is 1.55. The van der Waals surface area contributed by atoms with Crippen LogP contribution in [0.3, 0.4) is 0 Å². The highest BCUT2D eigenvalue weighted by molar-refractivity contribution is 8.03. The van der Waals surface area contributed by atoms with E-state index in [4.69, 9.17) is 4.98 Å². The normalized spacial score (nSPS) is 11.7. The zero-order chi connectivity index (χ0) is 20.1. The van der Waals surface area contributed by atoms with Crippen LogP contribution in [0.15, 0.2) is 94.4 Å². The quantitative estimate of drug-likeness (QED) is 0.360. The number of H-pyrrole nitrogens is 1. The molecule has 4 aromatic rings. The smallest absolute Gasteiger partial charge is 0.170 e. The molecule has 1 N–H and O–H groups in total. The molecule has 146 valence electrons. The number of nitrogens with zero attached hydrogens (tertiary/aromatic N) is 3. The Morgan fingerprint density at radius 1 is 1.03 bits per heavy atom. The summed E-state index contributed by atoms with van der Waals surface area (Å²) < 4.78 is 2.03. The van der Waals surface area contributed by atoms with Gasteiger partial charge < -0.3 is 9.55 Å². The number of allylic oxidation sites excluding steroid dienone is 1. The second-order valence-corrected chi connectivity index (χ2v) is 8.77. The second-order valence-electron chi connectivity index (χ2n) is 6.55. The maximum atomic E-state index is 4.91. The molecule has 2 aromatic carbocycles. The predicted molar refractivity (Wildman–Crippen MR) is 123 cm³/mol. The number of nitrogens with one attached hydrogen (secondary N) is 1. The summed E-state index contributed by atoms with van der Waals surface area (Å²) in [4.78, 5) is 14.0. The van der Waals surface area contributed by atoms with Gasteiger partial charge in [0.2, 0.25) is 0 Å². The number of hydrogen-bond acceptors (Lipinski definition) is 4. The van der Waals surface area contributed by atoms with Crippen molar-refractivity contribution >= 4 is 23.5 Å². The van der Waals surface area contributed by atoms with Crippen LogP contribution in [0, 0.1) is 0 Å². The van der Waals surface area contributed by atoms with Crippen LogP contribution in [0.2, 0.25) is 0 Å². The minimum atomic E-state index is 0.876. The van der Waals surface area contributed by atoms with E-state index in [0.29, 0.717) is 0 Å². The Morgan fingerprint density at radius 2 is 1.72 bits per heavy atom. The minimum absolute atomic E-state index is 0.876. The average Bonchev–Trinajstić information content (AvgIpc) is 3.36. The summed E-state index contributed by atoms with van der Waals surface area (Å²) in [7, 11) is 2.01. The first-order chi connectivity index (χ1) is 14.2. The molecule has 6 heteroatoms. The fourth-order valence-electron chi connectivity index (χ4n) is 2.94. The molecule has 0 saturated carbocycles. The third kappa shape index (κ3) is 4.83. The van der Waals surface area contributed by atoms with Crippen LogP contribution < -0.4 is 0 Å². The minimum Gasteiger partial charge on any atom is -0.332 e. The molecule has 0 saturated heterocycles. The molecule has 0 fully saturated rings. The molecule has 29 heavy (non-hydrogen) atoms. The number of thioether (sulfide) groups is 2.